The molecule has 8 heteroatoms. The van der Waals surface area contributed by atoms with Gasteiger partial charge in [-0.3, -0.25) is 4.79 Å². The zero-order valence-electron chi connectivity index (χ0n) is 13.5. The third-order valence-corrected chi connectivity index (χ3v) is 3.13. The Kier molecular flexibility index (Phi) is 8.33. The smallest absolute Gasteiger partial charge is 0.331 e. The van der Waals surface area contributed by atoms with Crippen molar-refractivity contribution >= 4 is 18.0 Å². The molecule has 0 aliphatic carbocycles. The zero-order chi connectivity index (χ0) is 17.8. The van der Waals surface area contributed by atoms with E-state index in [0.29, 0.717) is 5.82 Å². The van der Waals surface area contributed by atoms with E-state index in [9.17, 15) is 9.59 Å². The number of nitrogens with zero attached hydrogens (tertiary/aromatic N) is 5. The number of aromatic nitrogens is 2. The van der Waals surface area contributed by atoms with E-state index in [2.05, 4.69) is 4.98 Å². The normalized spacial score (nSPS) is 10.1. The van der Waals surface area contributed by atoms with Gasteiger partial charge in [-0.1, -0.05) is 0 Å². The van der Waals surface area contributed by atoms with E-state index in [0.717, 1.165) is 6.54 Å². The van der Waals surface area contributed by atoms with Gasteiger partial charge in [0, 0.05) is 38.1 Å². The number of hydrogen-bond acceptors (Lipinski definition) is 6. The Bertz CT molecular complexity index is 648. The predicted octanol–water partition coefficient (Wildman–Crippen LogP) is 1.12. The van der Waals surface area contributed by atoms with Crippen LogP contribution in [-0.2, 0) is 20.9 Å². The van der Waals surface area contributed by atoms with Crippen LogP contribution in [0.5, 0.6) is 0 Å². The highest BCUT2D eigenvalue weighted by Gasteiger charge is 2.14. The van der Waals surface area contributed by atoms with Gasteiger partial charge in [-0.05, 0) is 13.0 Å². The number of aryl methyl sites for hydroxylation is 1. The van der Waals surface area contributed by atoms with Crippen LogP contribution in [0, 0.1) is 22.7 Å². The van der Waals surface area contributed by atoms with Crippen molar-refractivity contribution in [3.8, 4) is 12.1 Å². The molecule has 0 unspecified atom stereocenters. The number of amides is 1. The number of nitriles is 2. The van der Waals surface area contributed by atoms with Crippen LogP contribution in [0.3, 0.4) is 0 Å². The van der Waals surface area contributed by atoms with Gasteiger partial charge in [-0.15, -0.1) is 0 Å². The SMILES string of the molecule is CCn1ccnc1C=CC(=O)OCC(=O)N(CCC#N)CCC#N. The van der Waals surface area contributed by atoms with Crippen molar-refractivity contribution in [3.05, 3.63) is 24.3 Å². The minimum absolute atomic E-state index is 0.157. The fourth-order valence-electron chi connectivity index (χ4n) is 1.89. The van der Waals surface area contributed by atoms with Gasteiger partial charge in [-0.2, -0.15) is 10.5 Å². The molecule has 1 aromatic heterocycles. The number of esters is 1. The fraction of sp³-hybridized carbons (Fsp3) is 0.438. The second-order valence-corrected chi connectivity index (χ2v) is 4.71. The predicted molar refractivity (Wildman–Crippen MR) is 84.9 cm³/mol. The first-order valence-corrected chi connectivity index (χ1v) is 7.50. The lowest BCUT2D eigenvalue weighted by molar-refractivity contribution is -0.148. The molecule has 0 saturated heterocycles. The van der Waals surface area contributed by atoms with Crippen molar-refractivity contribution in [3.63, 3.8) is 0 Å². The van der Waals surface area contributed by atoms with Crippen LogP contribution >= 0.6 is 0 Å². The van der Waals surface area contributed by atoms with Crippen molar-refractivity contribution in [2.75, 3.05) is 19.7 Å². The van der Waals surface area contributed by atoms with Crippen LogP contribution in [0.25, 0.3) is 6.08 Å². The van der Waals surface area contributed by atoms with Gasteiger partial charge in [0.2, 0.25) is 0 Å². The van der Waals surface area contributed by atoms with Crippen LogP contribution in [0.1, 0.15) is 25.6 Å². The maximum absolute atomic E-state index is 12.0. The highest BCUT2D eigenvalue weighted by atomic mass is 16.5. The van der Waals surface area contributed by atoms with E-state index < -0.39 is 18.5 Å². The number of carbonyl (C=O) groups is 2. The van der Waals surface area contributed by atoms with Crippen molar-refractivity contribution in [2.24, 2.45) is 0 Å². The molecular weight excluding hydrogens is 310 g/mol. The van der Waals surface area contributed by atoms with Gasteiger partial charge in [-0.25, -0.2) is 9.78 Å². The van der Waals surface area contributed by atoms with Crippen LogP contribution in [0.2, 0.25) is 0 Å². The van der Waals surface area contributed by atoms with Crippen molar-refractivity contribution in [1.29, 1.82) is 10.5 Å². The molecule has 0 aliphatic rings. The molecule has 1 amide bonds. The first-order chi connectivity index (χ1) is 11.6. The average molecular weight is 329 g/mol. The number of rotatable bonds is 9. The minimum atomic E-state index is -0.658. The maximum atomic E-state index is 12.0. The molecular formula is C16H19N5O3. The van der Waals surface area contributed by atoms with Crippen LogP contribution in [0.4, 0.5) is 0 Å². The molecule has 24 heavy (non-hydrogen) atoms. The van der Waals surface area contributed by atoms with Gasteiger partial charge < -0.3 is 14.2 Å². The van der Waals surface area contributed by atoms with Gasteiger partial charge >= 0.3 is 5.97 Å². The molecule has 8 nitrogen and oxygen atoms in total. The Labute approximate surface area is 140 Å². The number of carbonyl (C=O) groups excluding carboxylic acids is 2. The van der Waals surface area contributed by atoms with Crippen molar-refractivity contribution in [1.82, 2.24) is 14.5 Å². The monoisotopic (exact) mass is 329 g/mol. The maximum Gasteiger partial charge on any atom is 0.331 e. The molecule has 1 rings (SSSR count). The first kappa shape index (κ1) is 18.9. The third-order valence-electron chi connectivity index (χ3n) is 3.13. The summed E-state index contributed by atoms with van der Waals surface area (Å²) in [6.07, 6.45) is 6.45. The van der Waals surface area contributed by atoms with E-state index in [4.69, 9.17) is 15.3 Å². The van der Waals surface area contributed by atoms with E-state index >= 15 is 0 Å². The zero-order valence-corrected chi connectivity index (χ0v) is 13.5. The summed E-state index contributed by atoms with van der Waals surface area (Å²) in [7, 11) is 0. The Hall–Kier alpha value is -3.13. The second-order valence-electron chi connectivity index (χ2n) is 4.71. The summed E-state index contributed by atoms with van der Waals surface area (Å²) in [5.41, 5.74) is 0. The Morgan fingerprint density at radius 3 is 2.58 bits per heavy atom. The molecule has 1 aromatic rings. The summed E-state index contributed by atoms with van der Waals surface area (Å²) in [5, 5.41) is 17.2. The average Bonchev–Trinajstić information content (AvgIpc) is 3.05. The van der Waals surface area contributed by atoms with Crippen LogP contribution in [0.15, 0.2) is 18.5 Å². The number of imidazole rings is 1. The van der Waals surface area contributed by atoms with E-state index in [1.165, 1.54) is 17.1 Å². The Balaban J connectivity index is 2.50. The van der Waals surface area contributed by atoms with Crippen LogP contribution < -0.4 is 0 Å². The van der Waals surface area contributed by atoms with E-state index in [-0.39, 0.29) is 25.9 Å². The second kappa shape index (κ2) is 10.6. The quantitative estimate of drug-likeness (QED) is 0.495. The molecule has 0 aromatic carbocycles. The fourth-order valence-corrected chi connectivity index (χ4v) is 1.89. The minimum Gasteiger partial charge on any atom is -0.452 e. The van der Waals surface area contributed by atoms with E-state index in [1.54, 1.807) is 12.4 Å². The standard InChI is InChI=1S/C16H19N5O3/c1-2-20-12-9-19-14(20)5-6-16(23)24-13-15(22)21(10-3-7-17)11-4-8-18/h5-6,9,12H,2-4,10-11,13H2,1H3. The van der Waals surface area contributed by atoms with Gasteiger partial charge in [0.15, 0.2) is 6.61 Å². The number of ether oxygens (including phenoxy) is 1. The highest BCUT2D eigenvalue weighted by Crippen LogP contribution is 2.01. The van der Waals surface area contributed by atoms with Gasteiger partial charge in [0.25, 0.3) is 5.91 Å². The molecule has 1 heterocycles. The van der Waals surface area contributed by atoms with Gasteiger partial charge in [0.05, 0.1) is 25.0 Å². The topological polar surface area (TPSA) is 112 Å². The molecule has 0 radical (unpaired) electrons. The summed E-state index contributed by atoms with van der Waals surface area (Å²) in [6.45, 7) is 2.66. The molecule has 0 atom stereocenters. The van der Waals surface area contributed by atoms with E-state index in [1.807, 2.05) is 23.6 Å². The molecule has 0 fully saturated rings. The lowest BCUT2D eigenvalue weighted by Crippen LogP contribution is -2.36. The molecule has 126 valence electrons. The summed E-state index contributed by atoms with van der Waals surface area (Å²) in [5.74, 6) is -0.475. The molecule has 0 aliphatic heterocycles. The van der Waals surface area contributed by atoms with Crippen molar-refractivity contribution < 1.29 is 14.3 Å². The van der Waals surface area contributed by atoms with Gasteiger partial charge in [0.1, 0.15) is 5.82 Å². The number of hydrogen-bond donors (Lipinski definition) is 0. The Morgan fingerprint density at radius 1 is 1.33 bits per heavy atom. The Morgan fingerprint density at radius 2 is 2.00 bits per heavy atom. The lowest BCUT2D eigenvalue weighted by Gasteiger charge is -2.19. The first-order valence-electron chi connectivity index (χ1n) is 7.50. The molecule has 0 N–H and O–H groups in total. The van der Waals surface area contributed by atoms with Crippen molar-refractivity contribution in [2.45, 2.75) is 26.3 Å². The third kappa shape index (κ3) is 6.32. The van der Waals surface area contributed by atoms with Crippen LogP contribution in [-0.4, -0.2) is 46.0 Å². The highest BCUT2D eigenvalue weighted by molar-refractivity contribution is 5.88. The molecule has 0 bridgehead atoms. The summed E-state index contributed by atoms with van der Waals surface area (Å²) in [4.78, 5) is 29.1. The molecule has 0 spiro atoms. The summed E-state index contributed by atoms with van der Waals surface area (Å²) >= 11 is 0. The largest absolute Gasteiger partial charge is 0.452 e. The summed E-state index contributed by atoms with van der Waals surface area (Å²) < 4.78 is 6.74. The summed E-state index contributed by atoms with van der Waals surface area (Å²) in [6, 6.07) is 3.87. The molecule has 0 saturated carbocycles. The lowest BCUT2D eigenvalue weighted by atomic mass is 10.3.